The zero-order valence-electron chi connectivity index (χ0n) is 15.4. The van der Waals surface area contributed by atoms with Gasteiger partial charge in [0.05, 0.1) is 0 Å². The molecule has 2 amide bonds. The summed E-state index contributed by atoms with van der Waals surface area (Å²) in [5.41, 5.74) is 5.09. The lowest BCUT2D eigenvalue weighted by Gasteiger charge is -2.09. The summed E-state index contributed by atoms with van der Waals surface area (Å²) in [5, 5.41) is 6.77. The minimum absolute atomic E-state index is 0.0809. The number of anilines is 1. The van der Waals surface area contributed by atoms with Gasteiger partial charge in [0, 0.05) is 39.5 Å². The lowest BCUT2D eigenvalue weighted by molar-refractivity contribution is 0.0942. The molecule has 3 N–H and O–H groups in total. The Bertz CT molecular complexity index is 969. The maximum atomic E-state index is 12.5. The van der Waals surface area contributed by atoms with E-state index in [0.29, 0.717) is 16.8 Å². The molecule has 0 atom stereocenters. The molecule has 26 heavy (non-hydrogen) atoms. The number of hydrogen-bond acceptors (Lipinski definition) is 2. The Morgan fingerprint density at radius 2 is 1.58 bits per heavy atom. The van der Waals surface area contributed by atoms with Crippen LogP contribution in [0.25, 0.3) is 10.9 Å². The van der Waals surface area contributed by atoms with Gasteiger partial charge < -0.3 is 15.6 Å². The van der Waals surface area contributed by atoms with Gasteiger partial charge in [0.25, 0.3) is 11.8 Å². The number of fused-ring (bicyclic) bond motifs is 1. The molecule has 0 radical (unpaired) electrons. The summed E-state index contributed by atoms with van der Waals surface area (Å²) in [5.74, 6) is -0.300. The standard InChI is InChI=1S/C21H23N3O2/c1-12(2)22-20(25)15-5-8-17(9-6-15)24-21(26)16-7-10-19-18(11-16)13(3)14(4)23-19/h5-12,23H,1-4H3,(H,22,25)(H,24,26). The number of carbonyl (C=O) groups is 2. The van der Waals surface area contributed by atoms with Crippen LogP contribution in [0.1, 0.15) is 45.8 Å². The molecule has 3 aromatic rings. The van der Waals surface area contributed by atoms with Gasteiger partial charge in [0.2, 0.25) is 0 Å². The fourth-order valence-corrected chi connectivity index (χ4v) is 2.86. The Morgan fingerprint density at radius 3 is 2.23 bits per heavy atom. The van der Waals surface area contributed by atoms with Crippen LogP contribution in [-0.4, -0.2) is 22.8 Å². The van der Waals surface area contributed by atoms with Crippen molar-refractivity contribution in [3.05, 3.63) is 64.8 Å². The number of aromatic amines is 1. The predicted octanol–water partition coefficient (Wildman–Crippen LogP) is 4.18. The van der Waals surface area contributed by atoms with Crippen molar-refractivity contribution < 1.29 is 9.59 Å². The van der Waals surface area contributed by atoms with E-state index in [-0.39, 0.29) is 17.9 Å². The number of amides is 2. The summed E-state index contributed by atoms with van der Waals surface area (Å²) in [7, 11) is 0. The van der Waals surface area contributed by atoms with Gasteiger partial charge in [0.15, 0.2) is 0 Å². The molecular formula is C21H23N3O2. The van der Waals surface area contributed by atoms with Crippen LogP contribution >= 0.6 is 0 Å². The van der Waals surface area contributed by atoms with Crippen molar-refractivity contribution in [1.82, 2.24) is 10.3 Å². The quantitative estimate of drug-likeness (QED) is 0.661. The third-order valence-corrected chi connectivity index (χ3v) is 4.40. The highest BCUT2D eigenvalue weighted by molar-refractivity contribution is 6.06. The fourth-order valence-electron chi connectivity index (χ4n) is 2.86. The van der Waals surface area contributed by atoms with E-state index in [1.54, 1.807) is 30.3 Å². The van der Waals surface area contributed by atoms with Crippen LogP contribution < -0.4 is 10.6 Å². The molecule has 1 aromatic heterocycles. The highest BCUT2D eigenvalue weighted by atomic mass is 16.2. The van der Waals surface area contributed by atoms with E-state index in [2.05, 4.69) is 15.6 Å². The van der Waals surface area contributed by atoms with Crippen LogP contribution in [0, 0.1) is 13.8 Å². The van der Waals surface area contributed by atoms with Gasteiger partial charge in [-0.05, 0) is 75.7 Å². The molecule has 3 rings (SSSR count). The number of aryl methyl sites for hydroxylation is 2. The largest absolute Gasteiger partial charge is 0.358 e. The maximum absolute atomic E-state index is 12.5. The number of H-pyrrole nitrogens is 1. The number of hydrogen-bond donors (Lipinski definition) is 3. The van der Waals surface area contributed by atoms with Crippen LogP contribution in [0.4, 0.5) is 5.69 Å². The van der Waals surface area contributed by atoms with Crippen molar-refractivity contribution in [2.24, 2.45) is 0 Å². The van der Waals surface area contributed by atoms with Crippen LogP contribution in [-0.2, 0) is 0 Å². The van der Waals surface area contributed by atoms with Crippen LogP contribution in [0.2, 0.25) is 0 Å². The number of carbonyl (C=O) groups excluding carboxylic acids is 2. The van der Waals surface area contributed by atoms with Gasteiger partial charge in [-0.15, -0.1) is 0 Å². The molecule has 0 saturated heterocycles. The summed E-state index contributed by atoms with van der Waals surface area (Å²) in [6.07, 6.45) is 0. The van der Waals surface area contributed by atoms with Gasteiger partial charge >= 0.3 is 0 Å². The van der Waals surface area contributed by atoms with E-state index >= 15 is 0 Å². The van der Waals surface area contributed by atoms with Crippen molar-refractivity contribution in [3.8, 4) is 0 Å². The van der Waals surface area contributed by atoms with E-state index in [4.69, 9.17) is 0 Å². The molecular weight excluding hydrogens is 326 g/mol. The number of nitrogens with one attached hydrogen (secondary N) is 3. The average molecular weight is 349 g/mol. The monoisotopic (exact) mass is 349 g/mol. The minimum atomic E-state index is -0.176. The zero-order valence-corrected chi connectivity index (χ0v) is 15.4. The molecule has 0 unspecified atom stereocenters. The highest BCUT2D eigenvalue weighted by Crippen LogP contribution is 2.23. The second-order valence-corrected chi connectivity index (χ2v) is 6.79. The third-order valence-electron chi connectivity index (χ3n) is 4.40. The topological polar surface area (TPSA) is 74.0 Å². The van der Waals surface area contributed by atoms with Crippen molar-refractivity contribution in [1.29, 1.82) is 0 Å². The van der Waals surface area contributed by atoms with E-state index < -0.39 is 0 Å². The average Bonchev–Trinajstić information content (AvgIpc) is 2.89. The first kappa shape index (κ1) is 17.7. The predicted molar refractivity (Wildman–Crippen MR) is 105 cm³/mol. The van der Waals surface area contributed by atoms with Crippen LogP contribution in [0.5, 0.6) is 0 Å². The lowest BCUT2D eigenvalue weighted by Crippen LogP contribution is -2.30. The van der Waals surface area contributed by atoms with Gasteiger partial charge in [-0.1, -0.05) is 0 Å². The first-order valence-corrected chi connectivity index (χ1v) is 8.66. The molecule has 0 spiro atoms. The van der Waals surface area contributed by atoms with Gasteiger partial charge in [-0.2, -0.15) is 0 Å². The van der Waals surface area contributed by atoms with Crippen LogP contribution in [0.3, 0.4) is 0 Å². The number of rotatable bonds is 4. The molecule has 0 aliphatic carbocycles. The molecule has 2 aromatic carbocycles. The van der Waals surface area contributed by atoms with Gasteiger partial charge in [-0.3, -0.25) is 9.59 Å². The summed E-state index contributed by atoms with van der Waals surface area (Å²) < 4.78 is 0. The molecule has 5 heteroatoms. The summed E-state index contributed by atoms with van der Waals surface area (Å²) in [4.78, 5) is 27.8. The van der Waals surface area contributed by atoms with E-state index in [9.17, 15) is 9.59 Å². The minimum Gasteiger partial charge on any atom is -0.358 e. The van der Waals surface area contributed by atoms with Crippen molar-refractivity contribution in [3.63, 3.8) is 0 Å². The molecule has 0 bridgehead atoms. The van der Waals surface area contributed by atoms with E-state index in [1.807, 2.05) is 39.8 Å². The Balaban J connectivity index is 1.75. The SMILES string of the molecule is Cc1[nH]c2ccc(C(=O)Nc3ccc(C(=O)NC(C)C)cc3)cc2c1C. The second-order valence-electron chi connectivity index (χ2n) is 6.79. The summed E-state index contributed by atoms with van der Waals surface area (Å²) in [6.45, 7) is 7.89. The van der Waals surface area contributed by atoms with Crippen LogP contribution in [0.15, 0.2) is 42.5 Å². The Kier molecular flexibility index (Phi) is 4.80. The molecule has 1 heterocycles. The molecule has 0 fully saturated rings. The Labute approximate surface area is 152 Å². The zero-order chi connectivity index (χ0) is 18.8. The first-order chi connectivity index (χ1) is 12.3. The van der Waals surface area contributed by atoms with Crippen molar-refractivity contribution in [2.45, 2.75) is 33.7 Å². The lowest BCUT2D eigenvalue weighted by atomic mass is 10.1. The normalized spacial score (nSPS) is 11.0. The fraction of sp³-hybridized carbons (Fsp3) is 0.238. The smallest absolute Gasteiger partial charge is 0.255 e. The molecule has 0 aliphatic rings. The van der Waals surface area contributed by atoms with Crippen molar-refractivity contribution >= 4 is 28.4 Å². The van der Waals surface area contributed by atoms with Crippen molar-refractivity contribution in [2.75, 3.05) is 5.32 Å². The molecule has 5 nitrogen and oxygen atoms in total. The number of aromatic nitrogens is 1. The molecule has 134 valence electrons. The Hall–Kier alpha value is -3.08. The number of benzene rings is 2. The second kappa shape index (κ2) is 7.04. The van der Waals surface area contributed by atoms with E-state index in [0.717, 1.165) is 22.2 Å². The van der Waals surface area contributed by atoms with Gasteiger partial charge in [0.1, 0.15) is 0 Å². The van der Waals surface area contributed by atoms with E-state index in [1.165, 1.54) is 0 Å². The summed E-state index contributed by atoms with van der Waals surface area (Å²) in [6, 6.07) is 12.6. The Morgan fingerprint density at radius 1 is 0.923 bits per heavy atom. The summed E-state index contributed by atoms with van der Waals surface area (Å²) >= 11 is 0. The maximum Gasteiger partial charge on any atom is 0.255 e. The van der Waals surface area contributed by atoms with Gasteiger partial charge in [-0.25, -0.2) is 0 Å². The first-order valence-electron chi connectivity index (χ1n) is 8.66. The third kappa shape index (κ3) is 3.61. The molecule has 0 saturated carbocycles. The highest BCUT2D eigenvalue weighted by Gasteiger charge is 2.11. The molecule has 0 aliphatic heterocycles.